The summed E-state index contributed by atoms with van der Waals surface area (Å²) in [6, 6.07) is -0.373. The summed E-state index contributed by atoms with van der Waals surface area (Å²) in [5.74, 6) is 1.50. The molecule has 5 fully saturated rings. The van der Waals surface area contributed by atoms with Gasteiger partial charge in [0.1, 0.15) is 5.50 Å². The summed E-state index contributed by atoms with van der Waals surface area (Å²) >= 11 is 6.44. The van der Waals surface area contributed by atoms with Crippen molar-refractivity contribution >= 4 is 17.5 Å². The first-order chi connectivity index (χ1) is 10.7. The van der Waals surface area contributed by atoms with Gasteiger partial charge in [-0.2, -0.15) is 0 Å². The Morgan fingerprint density at radius 1 is 1.22 bits per heavy atom. The van der Waals surface area contributed by atoms with Crippen molar-refractivity contribution in [3.05, 3.63) is 0 Å². The van der Waals surface area contributed by atoms with Gasteiger partial charge in [-0.05, 0) is 75.0 Å². The molecule has 0 aromatic carbocycles. The van der Waals surface area contributed by atoms with Crippen molar-refractivity contribution in [2.75, 3.05) is 0 Å². The maximum atomic E-state index is 13.2. The maximum Gasteiger partial charge on any atom is 0.241 e. The molecule has 2 unspecified atom stereocenters. The highest BCUT2D eigenvalue weighted by Gasteiger charge is 2.61. The number of carbonyl (C=O) groups excluding carboxylic acids is 1. The van der Waals surface area contributed by atoms with E-state index in [1.807, 2.05) is 4.90 Å². The minimum atomic E-state index is -0.577. The number of nitrogens with zero attached hydrogens (tertiary/aromatic N) is 1. The Balaban J connectivity index is 1.59. The second-order valence-electron chi connectivity index (χ2n) is 9.16. The summed E-state index contributed by atoms with van der Waals surface area (Å²) in [5.41, 5.74) is 5.54. The number of nitrogens with two attached hydrogens (primary N) is 1. The molecule has 4 bridgehead atoms. The summed E-state index contributed by atoms with van der Waals surface area (Å²) in [6.07, 6.45) is 6.56. The number of aliphatic hydroxyl groups is 1. The monoisotopic (exact) mass is 340 g/mol. The third-order valence-corrected chi connectivity index (χ3v) is 7.77. The van der Waals surface area contributed by atoms with Crippen molar-refractivity contribution in [3.63, 3.8) is 0 Å². The lowest BCUT2D eigenvalue weighted by atomic mass is 9.46. The molecule has 23 heavy (non-hydrogen) atoms. The average molecular weight is 341 g/mol. The second-order valence-corrected chi connectivity index (χ2v) is 9.66. The Kier molecular flexibility index (Phi) is 3.58. The van der Waals surface area contributed by atoms with Crippen LogP contribution in [0.2, 0.25) is 0 Å². The van der Waals surface area contributed by atoms with Crippen molar-refractivity contribution < 1.29 is 9.90 Å². The van der Waals surface area contributed by atoms with Gasteiger partial charge in [0, 0.05) is 6.04 Å². The molecule has 5 rings (SSSR count). The molecular weight excluding hydrogens is 312 g/mol. The lowest BCUT2D eigenvalue weighted by molar-refractivity contribution is -0.177. The smallest absolute Gasteiger partial charge is 0.241 e. The van der Waals surface area contributed by atoms with Crippen molar-refractivity contribution in [3.8, 4) is 0 Å². The minimum absolute atomic E-state index is 0.00685. The topological polar surface area (TPSA) is 66.6 Å². The predicted molar refractivity (Wildman–Crippen MR) is 89.8 cm³/mol. The summed E-state index contributed by atoms with van der Waals surface area (Å²) in [7, 11) is 0. The fraction of sp³-hybridized carbons (Fsp3) is 0.944. The minimum Gasteiger partial charge on any atom is -0.390 e. The van der Waals surface area contributed by atoms with Crippen LogP contribution in [0.1, 0.15) is 58.8 Å². The zero-order valence-corrected chi connectivity index (χ0v) is 14.9. The summed E-state index contributed by atoms with van der Waals surface area (Å²) in [4.78, 5) is 15.0. The molecule has 0 aromatic rings. The number of hydrogen-bond donors (Lipinski definition) is 2. The molecule has 1 amide bonds. The van der Waals surface area contributed by atoms with Crippen LogP contribution in [0.15, 0.2) is 0 Å². The van der Waals surface area contributed by atoms with Gasteiger partial charge in [-0.3, -0.25) is 4.79 Å². The normalized spacial score (nSPS) is 52.9. The van der Waals surface area contributed by atoms with E-state index in [9.17, 15) is 9.90 Å². The van der Waals surface area contributed by atoms with Gasteiger partial charge in [0.25, 0.3) is 0 Å². The van der Waals surface area contributed by atoms with Crippen LogP contribution in [0.4, 0.5) is 0 Å². The molecule has 130 valence electrons. The van der Waals surface area contributed by atoms with Gasteiger partial charge in [0.05, 0.1) is 11.6 Å². The first-order valence-corrected chi connectivity index (χ1v) is 9.61. The van der Waals surface area contributed by atoms with Crippen molar-refractivity contribution in [1.29, 1.82) is 0 Å². The molecule has 1 aliphatic heterocycles. The lowest BCUT2D eigenvalue weighted by Gasteiger charge is -2.61. The van der Waals surface area contributed by atoms with E-state index in [0.29, 0.717) is 24.2 Å². The number of halogens is 1. The fourth-order valence-corrected chi connectivity index (χ4v) is 7.11. The molecule has 4 nitrogen and oxygen atoms in total. The highest BCUT2D eigenvalue weighted by atomic mass is 35.5. The standard InChI is InChI=1S/C18H29ClN2O2/c1-10-3-14(19)21(11(10)2)16(22)15(20)17-5-12-4-13(6-17)8-18(23,7-12)9-17/h10-15,23H,3-9,20H2,1-2H3/t10-,11-,12?,13?,14-,15+,17?,18?/m0/s1. The van der Waals surface area contributed by atoms with Gasteiger partial charge in [0.2, 0.25) is 5.91 Å². The third kappa shape index (κ3) is 2.36. The average Bonchev–Trinajstić information content (AvgIpc) is 2.68. The van der Waals surface area contributed by atoms with Crippen LogP contribution >= 0.6 is 11.6 Å². The Bertz CT molecular complexity index is 511. The molecular formula is C18H29ClN2O2. The number of rotatable bonds is 2. The van der Waals surface area contributed by atoms with Crippen LogP contribution in [0.5, 0.6) is 0 Å². The van der Waals surface area contributed by atoms with Gasteiger partial charge in [-0.1, -0.05) is 18.5 Å². The molecule has 5 heteroatoms. The Hall–Kier alpha value is -0.320. The molecule has 0 spiro atoms. The SMILES string of the molecule is C[C@H]1C[C@@H](Cl)N(C(=O)[C@@H](N)C23CC4CC(CC(O)(C4)C2)C3)[C@H]1C. The van der Waals surface area contributed by atoms with Crippen molar-refractivity contribution in [2.24, 2.45) is 28.9 Å². The van der Waals surface area contributed by atoms with E-state index in [1.54, 1.807) is 0 Å². The van der Waals surface area contributed by atoms with E-state index < -0.39 is 11.6 Å². The van der Waals surface area contributed by atoms with Gasteiger partial charge in [0.15, 0.2) is 0 Å². The summed E-state index contributed by atoms with van der Waals surface area (Å²) in [5, 5.41) is 10.9. The largest absolute Gasteiger partial charge is 0.390 e. The molecule has 4 saturated carbocycles. The maximum absolute atomic E-state index is 13.2. The highest BCUT2D eigenvalue weighted by Crippen LogP contribution is 2.62. The zero-order valence-electron chi connectivity index (χ0n) is 14.2. The Morgan fingerprint density at radius 2 is 1.83 bits per heavy atom. The van der Waals surface area contributed by atoms with Crippen LogP contribution in [0.25, 0.3) is 0 Å². The molecule has 1 heterocycles. The molecule has 1 saturated heterocycles. The molecule has 0 radical (unpaired) electrons. The predicted octanol–water partition coefficient (Wildman–Crippen LogP) is 2.47. The Morgan fingerprint density at radius 3 is 2.30 bits per heavy atom. The molecule has 3 N–H and O–H groups in total. The van der Waals surface area contributed by atoms with Gasteiger partial charge >= 0.3 is 0 Å². The molecule has 4 aliphatic carbocycles. The first-order valence-electron chi connectivity index (χ1n) is 9.17. The molecule has 0 aromatic heterocycles. The van der Waals surface area contributed by atoms with E-state index in [2.05, 4.69) is 13.8 Å². The van der Waals surface area contributed by atoms with Gasteiger partial charge in [-0.25, -0.2) is 0 Å². The van der Waals surface area contributed by atoms with Crippen LogP contribution in [-0.4, -0.2) is 39.1 Å². The number of likely N-dealkylation sites (tertiary alicyclic amines) is 1. The molecule has 6 atom stereocenters. The number of hydrogen-bond acceptors (Lipinski definition) is 3. The van der Waals surface area contributed by atoms with E-state index in [1.165, 1.54) is 6.42 Å². The molecule has 5 aliphatic rings. The number of carbonyl (C=O) groups is 1. The zero-order chi connectivity index (χ0) is 16.6. The van der Waals surface area contributed by atoms with Crippen LogP contribution < -0.4 is 5.73 Å². The first kappa shape index (κ1) is 16.2. The van der Waals surface area contributed by atoms with Gasteiger partial charge < -0.3 is 15.7 Å². The van der Waals surface area contributed by atoms with Crippen LogP contribution in [-0.2, 0) is 4.79 Å². The van der Waals surface area contributed by atoms with E-state index in [4.69, 9.17) is 17.3 Å². The quantitative estimate of drug-likeness (QED) is 0.599. The van der Waals surface area contributed by atoms with Crippen LogP contribution in [0, 0.1) is 23.2 Å². The summed E-state index contributed by atoms with van der Waals surface area (Å²) < 4.78 is 0. The van der Waals surface area contributed by atoms with Crippen LogP contribution in [0.3, 0.4) is 0 Å². The van der Waals surface area contributed by atoms with E-state index in [-0.39, 0.29) is 22.9 Å². The fourth-order valence-electron chi connectivity index (χ4n) is 6.56. The van der Waals surface area contributed by atoms with E-state index >= 15 is 0 Å². The number of amides is 1. The van der Waals surface area contributed by atoms with Gasteiger partial charge in [-0.15, -0.1) is 0 Å². The van der Waals surface area contributed by atoms with Crippen molar-refractivity contribution in [1.82, 2.24) is 4.90 Å². The highest BCUT2D eigenvalue weighted by molar-refractivity contribution is 6.21. The summed E-state index contributed by atoms with van der Waals surface area (Å²) in [6.45, 7) is 4.22. The second kappa shape index (κ2) is 5.09. The lowest BCUT2D eigenvalue weighted by Crippen LogP contribution is -2.65. The van der Waals surface area contributed by atoms with Crippen molar-refractivity contribution in [2.45, 2.75) is 82.0 Å². The number of alkyl halides is 1. The third-order valence-electron chi connectivity index (χ3n) is 7.39. The Labute approximate surface area is 143 Å². The van der Waals surface area contributed by atoms with E-state index in [0.717, 1.165) is 32.1 Å².